The van der Waals surface area contributed by atoms with E-state index in [0.29, 0.717) is 5.92 Å². The third kappa shape index (κ3) is 6.05. The topological polar surface area (TPSA) is 6.48 Å². The molecule has 0 saturated heterocycles. The lowest BCUT2D eigenvalue weighted by Gasteiger charge is -2.19. The van der Waals surface area contributed by atoms with Crippen LogP contribution in [-0.2, 0) is 0 Å². The van der Waals surface area contributed by atoms with Crippen LogP contribution < -0.4 is 0 Å². The van der Waals surface area contributed by atoms with Crippen molar-refractivity contribution in [2.24, 2.45) is 5.92 Å². The van der Waals surface area contributed by atoms with Crippen molar-refractivity contribution in [3.05, 3.63) is 6.92 Å². The minimum atomic E-state index is 0.519. The molecular formula is C8H19N2. The van der Waals surface area contributed by atoms with Crippen molar-refractivity contribution >= 4 is 0 Å². The molecule has 0 heterocycles. The second-order valence-corrected chi connectivity index (χ2v) is 3.39. The first-order chi connectivity index (χ1) is 4.52. The van der Waals surface area contributed by atoms with Gasteiger partial charge < -0.3 is 9.80 Å². The maximum Gasteiger partial charge on any atom is 0.00158 e. The van der Waals surface area contributed by atoms with Gasteiger partial charge in [-0.2, -0.15) is 0 Å². The Morgan fingerprint density at radius 1 is 1.00 bits per heavy atom. The van der Waals surface area contributed by atoms with Gasteiger partial charge in [-0.05, 0) is 41.0 Å². The minimum Gasteiger partial charge on any atom is -0.309 e. The molecule has 0 atom stereocenters. The van der Waals surface area contributed by atoms with Gasteiger partial charge in [0.05, 0.1) is 0 Å². The highest BCUT2D eigenvalue weighted by Gasteiger charge is 2.03. The highest BCUT2D eigenvalue weighted by atomic mass is 15.1. The molecule has 0 aliphatic rings. The third-order valence-corrected chi connectivity index (χ3v) is 1.25. The molecule has 0 aromatic rings. The highest BCUT2D eigenvalue weighted by Crippen LogP contribution is 1.96. The summed E-state index contributed by atoms with van der Waals surface area (Å²) >= 11 is 0. The molecule has 0 aromatic carbocycles. The minimum absolute atomic E-state index is 0.519. The first kappa shape index (κ1) is 9.92. The van der Waals surface area contributed by atoms with E-state index in [1.165, 1.54) is 0 Å². The highest BCUT2D eigenvalue weighted by molar-refractivity contribution is 4.65. The SMILES string of the molecule is [CH2]C(CN(C)C)CN(C)C. The molecule has 0 aliphatic heterocycles. The normalized spacial score (nSPS) is 12.0. The predicted molar refractivity (Wildman–Crippen MR) is 46.0 cm³/mol. The van der Waals surface area contributed by atoms with Gasteiger partial charge in [0.2, 0.25) is 0 Å². The Morgan fingerprint density at radius 2 is 1.30 bits per heavy atom. The summed E-state index contributed by atoms with van der Waals surface area (Å²) in [6.07, 6.45) is 0. The van der Waals surface area contributed by atoms with E-state index in [1.54, 1.807) is 0 Å². The lowest BCUT2D eigenvalue weighted by Crippen LogP contribution is -2.28. The Bertz CT molecular complexity index is 69.3. The van der Waals surface area contributed by atoms with Gasteiger partial charge in [0.25, 0.3) is 0 Å². The lowest BCUT2D eigenvalue weighted by molar-refractivity contribution is 0.291. The Kier molecular flexibility index (Phi) is 4.65. The molecule has 0 aromatic heterocycles. The number of nitrogens with zero attached hydrogens (tertiary/aromatic N) is 2. The van der Waals surface area contributed by atoms with Gasteiger partial charge in [-0.1, -0.05) is 0 Å². The molecule has 0 bridgehead atoms. The number of rotatable bonds is 4. The zero-order valence-corrected chi connectivity index (χ0v) is 7.59. The Balaban J connectivity index is 3.34. The third-order valence-electron chi connectivity index (χ3n) is 1.25. The van der Waals surface area contributed by atoms with Crippen LogP contribution in [-0.4, -0.2) is 51.1 Å². The first-order valence-corrected chi connectivity index (χ1v) is 3.65. The second-order valence-electron chi connectivity index (χ2n) is 3.39. The van der Waals surface area contributed by atoms with Crippen LogP contribution in [0.2, 0.25) is 0 Å². The van der Waals surface area contributed by atoms with E-state index in [2.05, 4.69) is 44.9 Å². The molecule has 0 fully saturated rings. The Labute approximate surface area is 64.8 Å². The lowest BCUT2D eigenvalue weighted by atomic mass is 10.1. The summed E-state index contributed by atoms with van der Waals surface area (Å²) in [5.74, 6) is 0.519. The molecule has 2 nitrogen and oxygen atoms in total. The monoisotopic (exact) mass is 143 g/mol. The molecule has 0 amide bonds. The van der Waals surface area contributed by atoms with Crippen LogP contribution in [0.4, 0.5) is 0 Å². The van der Waals surface area contributed by atoms with E-state index in [0.717, 1.165) is 13.1 Å². The van der Waals surface area contributed by atoms with Crippen molar-refractivity contribution < 1.29 is 0 Å². The summed E-state index contributed by atoms with van der Waals surface area (Å²) in [6, 6.07) is 0. The average Bonchev–Trinajstić information content (AvgIpc) is 1.58. The number of hydrogen-bond acceptors (Lipinski definition) is 2. The molecule has 0 N–H and O–H groups in total. The molecule has 0 spiro atoms. The summed E-state index contributed by atoms with van der Waals surface area (Å²) in [4.78, 5) is 4.34. The standard InChI is InChI=1S/C8H19N2/c1-8(6-9(2)3)7-10(4)5/h8H,1,6-7H2,2-5H3. The molecule has 0 unspecified atom stereocenters. The summed E-state index contributed by atoms with van der Waals surface area (Å²) in [7, 11) is 8.31. The van der Waals surface area contributed by atoms with Gasteiger partial charge >= 0.3 is 0 Å². The van der Waals surface area contributed by atoms with Gasteiger partial charge in [0, 0.05) is 13.1 Å². The fourth-order valence-electron chi connectivity index (χ4n) is 1.09. The van der Waals surface area contributed by atoms with Crippen LogP contribution >= 0.6 is 0 Å². The van der Waals surface area contributed by atoms with E-state index in [1.807, 2.05) is 0 Å². The molecule has 0 aliphatic carbocycles. The molecule has 2 heteroatoms. The van der Waals surface area contributed by atoms with Crippen LogP contribution in [0.15, 0.2) is 0 Å². The molecule has 1 radical (unpaired) electrons. The van der Waals surface area contributed by atoms with Crippen LogP contribution in [0, 0.1) is 12.8 Å². The van der Waals surface area contributed by atoms with Crippen molar-refractivity contribution in [2.75, 3.05) is 41.3 Å². The summed E-state index contributed by atoms with van der Waals surface area (Å²) in [5, 5.41) is 0. The predicted octanol–water partition coefficient (Wildman–Crippen LogP) is 0.560. The van der Waals surface area contributed by atoms with Gasteiger partial charge in [-0.3, -0.25) is 0 Å². The van der Waals surface area contributed by atoms with Crippen molar-refractivity contribution in [3.63, 3.8) is 0 Å². The molecule has 61 valence electrons. The second kappa shape index (κ2) is 4.69. The van der Waals surface area contributed by atoms with E-state index in [4.69, 9.17) is 0 Å². The summed E-state index contributed by atoms with van der Waals surface area (Å²) < 4.78 is 0. The van der Waals surface area contributed by atoms with E-state index in [-0.39, 0.29) is 0 Å². The van der Waals surface area contributed by atoms with Crippen LogP contribution in [0.5, 0.6) is 0 Å². The molecule has 0 rings (SSSR count). The van der Waals surface area contributed by atoms with Crippen molar-refractivity contribution in [2.45, 2.75) is 0 Å². The largest absolute Gasteiger partial charge is 0.309 e. The van der Waals surface area contributed by atoms with Crippen molar-refractivity contribution in [3.8, 4) is 0 Å². The van der Waals surface area contributed by atoms with Crippen molar-refractivity contribution in [1.82, 2.24) is 9.80 Å². The molecular weight excluding hydrogens is 124 g/mol. The number of hydrogen-bond donors (Lipinski definition) is 0. The van der Waals surface area contributed by atoms with Gasteiger partial charge in [-0.15, -0.1) is 0 Å². The van der Waals surface area contributed by atoms with Crippen LogP contribution in [0.1, 0.15) is 0 Å². The maximum absolute atomic E-state index is 4.04. The average molecular weight is 143 g/mol. The fraction of sp³-hybridized carbons (Fsp3) is 0.875. The zero-order chi connectivity index (χ0) is 8.15. The van der Waals surface area contributed by atoms with Crippen LogP contribution in [0.25, 0.3) is 0 Å². The van der Waals surface area contributed by atoms with E-state index >= 15 is 0 Å². The van der Waals surface area contributed by atoms with E-state index < -0.39 is 0 Å². The van der Waals surface area contributed by atoms with Gasteiger partial charge in [0.15, 0.2) is 0 Å². The summed E-state index contributed by atoms with van der Waals surface area (Å²) in [6.45, 7) is 6.17. The molecule has 10 heavy (non-hydrogen) atoms. The Morgan fingerprint density at radius 3 is 1.50 bits per heavy atom. The van der Waals surface area contributed by atoms with Gasteiger partial charge in [0.1, 0.15) is 0 Å². The maximum atomic E-state index is 4.04. The summed E-state index contributed by atoms with van der Waals surface area (Å²) in [5.41, 5.74) is 0. The van der Waals surface area contributed by atoms with Crippen molar-refractivity contribution in [1.29, 1.82) is 0 Å². The van der Waals surface area contributed by atoms with E-state index in [9.17, 15) is 0 Å². The first-order valence-electron chi connectivity index (χ1n) is 3.65. The van der Waals surface area contributed by atoms with Gasteiger partial charge in [-0.25, -0.2) is 0 Å². The quantitative estimate of drug-likeness (QED) is 0.567. The molecule has 0 saturated carbocycles. The zero-order valence-electron chi connectivity index (χ0n) is 7.59. The smallest absolute Gasteiger partial charge is 0.00158 e. The fourth-order valence-corrected chi connectivity index (χ4v) is 1.09. The van der Waals surface area contributed by atoms with Crippen LogP contribution in [0.3, 0.4) is 0 Å². The Hall–Kier alpha value is -0.0800.